The first kappa shape index (κ1) is 19.9. The summed E-state index contributed by atoms with van der Waals surface area (Å²) in [5.41, 5.74) is 0.410. The van der Waals surface area contributed by atoms with Crippen molar-refractivity contribution in [2.24, 2.45) is 11.8 Å². The summed E-state index contributed by atoms with van der Waals surface area (Å²) in [6, 6.07) is 7.75. The largest absolute Gasteiger partial charge is 0.497 e. The number of hydrogen-bond donors (Lipinski definition) is 2. The van der Waals surface area contributed by atoms with Crippen molar-refractivity contribution in [3.05, 3.63) is 58.1 Å². The van der Waals surface area contributed by atoms with Gasteiger partial charge in [0.1, 0.15) is 23.1 Å². The van der Waals surface area contributed by atoms with Crippen LogP contribution in [0, 0.1) is 33.6 Å². The zero-order valence-electron chi connectivity index (χ0n) is 16.1. The molecule has 4 rings (SSSR count). The molecule has 0 bridgehead atoms. The van der Waals surface area contributed by atoms with Crippen LogP contribution in [0.5, 0.6) is 5.75 Å². The summed E-state index contributed by atoms with van der Waals surface area (Å²) in [7, 11) is 1.45. The highest BCUT2D eigenvalue weighted by Crippen LogP contribution is 2.47. The van der Waals surface area contributed by atoms with E-state index in [-0.39, 0.29) is 41.7 Å². The number of methoxy groups -OCH3 is 1. The number of carbonyl (C=O) groups excluding carboxylic acids is 1. The van der Waals surface area contributed by atoms with Gasteiger partial charge in [-0.25, -0.2) is 8.78 Å². The van der Waals surface area contributed by atoms with E-state index < -0.39 is 16.6 Å². The third kappa shape index (κ3) is 3.85. The number of nitrogens with zero attached hydrogens (tertiary/aromatic N) is 2. The highest BCUT2D eigenvalue weighted by molar-refractivity contribution is 5.82. The second-order valence-corrected chi connectivity index (χ2v) is 7.42. The Kier molecular flexibility index (Phi) is 5.15. The molecule has 1 aliphatic heterocycles. The van der Waals surface area contributed by atoms with Crippen molar-refractivity contribution in [1.29, 1.82) is 0 Å². The standard InChI is InChI=1S/C20H20F2N4O4/c1-30-12-3-5-18(26(28)29)16(7-12)23-8-19(27)24-20-13-9-25(10-14(13)20)17-4-2-11(21)6-15(17)22/h2-7,13-14,20,23H,8-10H2,1H3,(H,24,27). The van der Waals surface area contributed by atoms with Gasteiger partial charge in [0.05, 0.1) is 24.3 Å². The lowest BCUT2D eigenvalue weighted by atomic mass is 10.2. The lowest BCUT2D eigenvalue weighted by molar-refractivity contribution is -0.384. The number of nitro benzene ring substituents is 1. The minimum absolute atomic E-state index is 0.0145. The number of carbonyl (C=O) groups is 1. The van der Waals surface area contributed by atoms with Gasteiger partial charge in [-0.2, -0.15) is 0 Å². The lowest BCUT2D eigenvalue weighted by Gasteiger charge is -2.23. The Morgan fingerprint density at radius 3 is 2.60 bits per heavy atom. The fourth-order valence-corrected chi connectivity index (χ4v) is 4.03. The van der Waals surface area contributed by atoms with Crippen molar-refractivity contribution in [2.75, 3.05) is 37.0 Å². The van der Waals surface area contributed by atoms with Gasteiger partial charge in [-0.15, -0.1) is 0 Å². The molecule has 0 radical (unpaired) electrons. The number of anilines is 2. The maximum atomic E-state index is 13.9. The Labute approximate surface area is 171 Å². The van der Waals surface area contributed by atoms with Crippen LogP contribution in [-0.2, 0) is 4.79 Å². The molecule has 1 heterocycles. The highest BCUT2D eigenvalue weighted by Gasteiger charge is 2.56. The van der Waals surface area contributed by atoms with Gasteiger partial charge >= 0.3 is 0 Å². The number of fused-ring (bicyclic) bond motifs is 1. The number of hydrogen-bond acceptors (Lipinski definition) is 6. The number of ether oxygens (including phenoxy) is 1. The summed E-state index contributed by atoms with van der Waals surface area (Å²) in [5.74, 6) is -0.663. The zero-order valence-corrected chi connectivity index (χ0v) is 16.1. The highest BCUT2D eigenvalue weighted by atomic mass is 19.1. The maximum absolute atomic E-state index is 13.9. The summed E-state index contributed by atoms with van der Waals surface area (Å²) in [6.45, 7) is 1.03. The van der Waals surface area contributed by atoms with Gasteiger partial charge in [0, 0.05) is 49.2 Å². The molecule has 2 aliphatic rings. The fraction of sp³-hybridized carbons (Fsp3) is 0.350. The van der Waals surface area contributed by atoms with Crippen LogP contribution in [0.15, 0.2) is 36.4 Å². The topological polar surface area (TPSA) is 96.7 Å². The number of nitrogens with one attached hydrogen (secondary N) is 2. The molecule has 0 aromatic heterocycles. The first-order chi connectivity index (χ1) is 14.4. The minimum Gasteiger partial charge on any atom is -0.497 e. The summed E-state index contributed by atoms with van der Waals surface area (Å²) >= 11 is 0. The number of piperidine rings is 1. The van der Waals surface area contributed by atoms with Crippen molar-refractivity contribution in [1.82, 2.24) is 5.32 Å². The molecule has 2 fully saturated rings. The van der Waals surface area contributed by atoms with Gasteiger partial charge in [0.25, 0.3) is 5.69 Å². The third-order valence-corrected chi connectivity index (χ3v) is 5.61. The van der Waals surface area contributed by atoms with E-state index in [4.69, 9.17) is 4.74 Å². The summed E-state index contributed by atoms with van der Waals surface area (Å²) in [5, 5.41) is 16.9. The van der Waals surface area contributed by atoms with Gasteiger partial charge in [-0.3, -0.25) is 14.9 Å². The summed E-state index contributed by atoms with van der Waals surface area (Å²) in [4.78, 5) is 24.8. The Bertz CT molecular complexity index is 991. The SMILES string of the molecule is COc1ccc([N+](=O)[O-])c(NCC(=O)NC2C3CN(c4ccc(F)cc4F)CC32)c1. The van der Waals surface area contributed by atoms with Gasteiger partial charge in [0.15, 0.2) is 0 Å². The number of halogens is 2. The van der Waals surface area contributed by atoms with E-state index >= 15 is 0 Å². The van der Waals surface area contributed by atoms with Crippen LogP contribution in [0.25, 0.3) is 0 Å². The van der Waals surface area contributed by atoms with Crippen LogP contribution in [-0.4, -0.2) is 43.6 Å². The predicted octanol–water partition coefficient (Wildman–Crippen LogP) is 2.54. The van der Waals surface area contributed by atoms with E-state index in [1.165, 1.54) is 37.4 Å². The fourth-order valence-electron chi connectivity index (χ4n) is 4.03. The van der Waals surface area contributed by atoms with Crippen molar-refractivity contribution in [2.45, 2.75) is 6.04 Å². The Morgan fingerprint density at radius 1 is 1.23 bits per heavy atom. The molecule has 158 valence electrons. The van der Waals surface area contributed by atoms with E-state index in [0.717, 1.165) is 6.07 Å². The second kappa shape index (κ2) is 7.77. The van der Waals surface area contributed by atoms with Crippen molar-refractivity contribution >= 4 is 23.0 Å². The zero-order chi connectivity index (χ0) is 21.4. The molecule has 2 aromatic rings. The van der Waals surface area contributed by atoms with E-state index in [9.17, 15) is 23.7 Å². The molecule has 1 saturated heterocycles. The molecule has 2 N–H and O–H groups in total. The Morgan fingerprint density at radius 2 is 1.97 bits per heavy atom. The second-order valence-electron chi connectivity index (χ2n) is 7.42. The van der Waals surface area contributed by atoms with Gasteiger partial charge in [-0.1, -0.05) is 0 Å². The average Bonchev–Trinajstić information content (AvgIpc) is 3.14. The van der Waals surface area contributed by atoms with Crippen molar-refractivity contribution in [3.63, 3.8) is 0 Å². The molecule has 8 nitrogen and oxygen atoms in total. The van der Waals surface area contributed by atoms with E-state index in [1.54, 1.807) is 0 Å². The number of benzene rings is 2. The first-order valence-corrected chi connectivity index (χ1v) is 9.43. The molecule has 2 atom stereocenters. The molecule has 30 heavy (non-hydrogen) atoms. The molecule has 0 spiro atoms. The van der Waals surface area contributed by atoms with Crippen LogP contribution < -0.4 is 20.3 Å². The van der Waals surface area contributed by atoms with Crippen molar-refractivity contribution in [3.8, 4) is 5.75 Å². The molecule has 1 amide bonds. The average molecular weight is 418 g/mol. The quantitative estimate of drug-likeness (QED) is 0.530. The van der Waals surface area contributed by atoms with E-state index in [1.807, 2.05) is 4.90 Å². The Balaban J connectivity index is 1.30. The smallest absolute Gasteiger partial charge is 0.292 e. The number of nitro groups is 1. The number of rotatable bonds is 7. The normalized spacial score (nSPS) is 21.7. The summed E-state index contributed by atoms with van der Waals surface area (Å²) in [6.07, 6.45) is 0. The minimum atomic E-state index is -0.616. The lowest BCUT2D eigenvalue weighted by Crippen LogP contribution is -2.37. The van der Waals surface area contributed by atoms with E-state index in [2.05, 4.69) is 10.6 Å². The third-order valence-electron chi connectivity index (χ3n) is 5.61. The Hall–Kier alpha value is -3.43. The van der Waals surface area contributed by atoms with Gasteiger partial charge in [0.2, 0.25) is 5.91 Å². The first-order valence-electron chi connectivity index (χ1n) is 9.43. The molecule has 1 saturated carbocycles. The van der Waals surface area contributed by atoms with Crippen LogP contribution in [0.4, 0.5) is 25.8 Å². The molecular formula is C20H20F2N4O4. The molecule has 1 aliphatic carbocycles. The molecule has 2 aromatic carbocycles. The van der Waals surface area contributed by atoms with Crippen LogP contribution in [0.3, 0.4) is 0 Å². The molecule has 10 heteroatoms. The summed E-state index contributed by atoms with van der Waals surface area (Å²) < 4.78 is 32.1. The maximum Gasteiger partial charge on any atom is 0.292 e. The van der Waals surface area contributed by atoms with Crippen LogP contribution in [0.1, 0.15) is 0 Å². The van der Waals surface area contributed by atoms with Crippen LogP contribution in [0.2, 0.25) is 0 Å². The van der Waals surface area contributed by atoms with Gasteiger partial charge in [-0.05, 0) is 18.2 Å². The van der Waals surface area contributed by atoms with Gasteiger partial charge < -0.3 is 20.3 Å². The number of amides is 1. The molecule has 2 unspecified atom stereocenters. The predicted molar refractivity (Wildman–Crippen MR) is 106 cm³/mol. The van der Waals surface area contributed by atoms with E-state index in [0.29, 0.717) is 24.5 Å². The van der Waals surface area contributed by atoms with Crippen LogP contribution >= 0.6 is 0 Å². The molecular weight excluding hydrogens is 398 g/mol. The monoisotopic (exact) mass is 418 g/mol. The van der Waals surface area contributed by atoms with Crippen molar-refractivity contribution < 1.29 is 23.2 Å².